The molecule has 116 valence electrons. The van der Waals surface area contributed by atoms with Crippen molar-refractivity contribution in [2.75, 3.05) is 13.7 Å². The van der Waals surface area contributed by atoms with Gasteiger partial charge >= 0.3 is 5.97 Å². The summed E-state index contributed by atoms with van der Waals surface area (Å²) in [6.07, 6.45) is 0. The highest BCUT2D eigenvalue weighted by Gasteiger charge is 2.21. The van der Waals surface area contributed by atoms with Crippen LogP contribution < -0.4 is 10.9 Å². The lowest BCUT2D eigenvalue weighted by Gasteiger charge is -2.12. The summed E-state index contributed by atoms with van der Waals surface area (Å²) in [6.45, 7) is 1.45. The number of ether oxygens (including phenoxy) is 1. The van der Waals surface area contributed by atoms with Gasteiger partial charge in [-0.15, -0.1) is 0 Å². The van der Waals surface area contributed by atoms with Crippen LogP contribution in [-0.2, 0) is 16.6 Å². The van der Waals surface area contributed by atoms with Gasteiger partial charge in [-0.25, -0.2) is 0 Å². The second kappa shape index (κ2) is 5.88. The van der Waals surface area contributed by atoms with Gasteiger partial charge in [0.25, 0.3) is 11.5 Å². The van der Waals surface area contributed by atoms with Crippen LogP contribution in [0.25, 0.3) is 10.9 Å². The minimum atomic E-state index is -0.827. The topological polar surface area (TPSA) is 97.6 Å². The zero-order valence-electron chi connectivity index (χ0n) is 12.5. The standard InChI is InChI=1S/C15H16N2O5/c1-8-4-5-10-9(6-8)13(19)12(15(21)17(10)2)14(20)16-7-11(18)22-3/h4-6,19H,7H2,1-3H3,(H,16,20). The molecule has 0 fully saturated rings. The Morgan fingerprint density at radius 2 is 2.05 bits per heavy atom. The molecule has 0 aliphatic heterocycles. The Kier molecular flexibility index (Phi) is 4.16. The number of carbonyl (C=O) groups is 2. The Hall–Kier alpha value is -2.83. The Balaban J connectivity index is 2.56. The molecule has 0 saturated heterocycles. The summed E-state index contributed by atoms with van der Waals surface area (Å²) in [5.74, 6) is -1.88. The maximum Gasteiger partial charge on any atom is 0.325 e. The quantitative estimate of drug-likeness (QED) is 0.803. The van der Waals surface area contributed by atoms with E-state index in [9.17, 15) is 19.5 Å². The minimum Gasteiger partial charge on any atom is -0.506 e. The van der Waals surface area contributed by atoms with Crippen molar-refractivity contribution in [3.8, 4) is 5.75 Å². The van der Waals surface area contributed by atoms with E-state index in [1.807, 2.05) is 6.92 Å². The first kappa shape index (κ1) is 15.6. The van der Waals surface area contributed by atoms with E-state index in [1.165, 1.54) is 18.7 Å². The van der Waals surface area contributed by atoms with Crippen LogP contribution >= 0.6 is 0 Å². The summed E-state index contributed by atoms with van der Waals surface area (Å²) in [6, 6.07) is 5.18. The fraction of sp³-hybridized carbons (Fsp3) is 0.267. The zero-order chi connectivity index (χ0) is 16.4. The summed E-state index contributed by atoms with van der Waals surface area (Å²) in [5.41, 5.74) is 0.348. The zero-order valence-corrected chi connectivity index (χ0v) is 12.5. The van der Waals surface area contributed by atoms with E-state index in [2.05, 4.69) is 10.1 Å². The molecule has 0 atom stereocenters. The molecular weight excluding hydrogens is 288 g/mol. The Morgan fingerprint density at radius 3 is 2.68 bits per heavy atom. The molecular formula is C15H16N2O5. The number of aromatic nitrogens is 1. The predicted octanol–water partition coefficient (Wildman–Crippen LogP) is 0.455. The van der Waals surface area contributed by atoms with E-state index in [0.29, 0.717) is 10.9 Å². The fourth-order valence-corrected chi connectivity index (χ4v) is 2.16. The SMILES string of the molecule is COC(=O)CNC(=O)c1c(O)c2cc(C)ccc2n(C)c1=O. The van der Waals surface area contributed by atoms with Crippen LogP contribution in [0.3, 0.4) is 0 Å². The first-order chi connectivity index (χ1) is 10.4. The molecule has 1 aromatic heterocycles. The van der Waals surface area contributed by atoms with Gasteiger partial charge in [0.2, 0.25) is 0 Å². The predicted molar refractivity (Wildman–Crippen MR) is 79.9 cm³/mol. The molecule has 2 aromatic rings. The number of amides is 1. The molecule has 22 heavy (non-hydrogen) atoms. The van der Waals surface area contributed by atoms with E-state index in [1.54, 1.807) is 18.2 Å². The van der Waals surface area contributed by atoms with Crippen molar-refractivity contribution in [1.82, 2.24) is 9.88 Å². The molecule has 1 aromatic carbocycles. The number of fused-ring (bicyclic) bond motifs is 1. The highest BCUT2D eigenvalue weighted by atomic mass is 16.5. The lowest BCUT2D eigenvalue weighted by atomic mass is 10.1. The largest absolute Gasteiger partial charge is 0.506 e. The number of nitrogens with one attached hydrogen (secondary N) is 1. The normalized spacial score (nSPS) is 10.5. The summed E-state index contributed by atoms with van der Waals surface area (Å²) in [5, 5.41) is 12.9. The fourth-order valence-electron chi connectivity index (χ4n) is 2.16. The van der Waals surface area contributed by atoms with Crippen LogP contribution in [0.5, 0.6) is 5.75 Å². The average molecular weight is 304 g/mol. The molecule has 0 spiro atoms. The van der Waals surface area contributed by atoms with Crippen molar-refractivity contribution in [3.63, 3.8) is 0 Å². The maximum atomic E-state index is 12.3. The number of methoxy groups -OCH3 is 1. The van der Waals surface area contributed by atoms with Crippen LogP contribution in [0.2, 0.25) is 0 Å². The van der Waals surface area contributed by atoms with Gasteiger partial charge in [0.1, 0.15) is 17.9 Å². The number of rotatable bonds is 3. The second-order valence-corrected chi connectivity index (χ2v) is 4.87. The second-order valence-electron chi connectivity index (χ2n) is 4.87. The van der Waals surface area contributed by atoms with Crippen molar-refractivity contribution in [3.05, 3.63) is 39.7 Å². The molecule has 0 unspecified atom stereocenters. The lowest BCUT2D eigenvalue weighted by Crippen LogP contribution is -2.35. The lowest BCUT2D eigenvalue weighted by molar-refractivity contribution is -0.139. The first-order valence-corrected chi connectivity index (χ1v) is 6.54. The van der Waals surface area contributed by atoms with Crippen molar-refractivity contribution in [2.24, 2.45) is 7.05 Å². The summed E-state index contributed by atoms with van der Waals surface area (Å²) < 4.78 is 5.69. The van der Waals surface area contributed by atoms with Gasteiger partial charge in [-0.05, 0) is 19.1 Å². The van der Waals surface area contributed by atoms with E-state index in [4.69, 9.17) is 0 Å². The smallest absolute Gasteiger partial charge is 0.325 e. The molecule has 0 bridgehead atoms. The van der Waals surface area contributed by atoms with Crippen molar-refractivity contribution in [1.29, 1.82) is 0 Å². The van der Waals surface area contributed by atoms with Gasteiger partial charge in [0.15, 0.2) is 0 Å². The third-order valence-corrected chi connectivity index (χ3v) is 3.37. The Bertz CT molecular complexity index is 823. The molecule has 2 N–H and O–H groups in total. The van der Waals surface area contributed by atoms with Gasteiger partial charge in [-0.3, -0.25) is 14.4 Å². The number of esters is 1. The van der Waals surface area contributed by atoms with Gasteiger partial charge in [0.05, 0.1) is 12.6 Å². The van der Waals surface area contributed by atoms with Gasteiger partial charge in [0, 0.05) is 12.4 Å². The number of carbonyl (C=O) groups excluding carboxylic acids is 2. The highest BCUT2D eigenvalue weighted by Crippen LogP contribution is 2.26. The summed E-state index contributed by atoms with van der Waals surface area (Å²) >= 11 is 0. The van der Waals surface area contributed by atoms with Crippen molar-refractivity contribution in [2.45, 2.75) is 6.92 Å². The third-order valence-electron chi connectivity index (χ3n) is 3.37. The number of hydrogen-bond donors (Lipinski definition) is 2. The van der Waals surface area contributed by atoms with Crippen molar-refractivity contribution >= 4 is 22.8 Å². The monoisotopic (exact) mass is 304 g/mol. The van der Waals surface area contributed by atoms with Gasteiger partial charge in [-0.1, -0.05) is 11.6 Å². The number of aryl methyl sites for hydroxylation is 2. The molecule has 0 aliphatic carbocycles. The van der Waals surface area contributed by atoms with Crippen LogP contribution in [0.15, 0.2) is 23.0 Å². The van der Waals surface area contributed by atoms with E-state index >= 15 is 0 Å². The van der Waals surface area contributed by atoms with E-state index < -0.39 is 28.7 Å². The van der Waals surface area contributed by atoms with Gasteiger partial charge in [-0.2, -0.15) is 0 Å². The molecule has 1 heterocycles. The minimum absolute atomic E-state index is 0.385. The summed E-state index contributed by atoms with van der Waals surface area (Å²) in [7, 11) is 2.69. The van der Waals surface area contributed by atoms with Crippen LogP contribution in [-0.4, -0.2) is 35.2 Å². The molecule has 0 aliphatic rings. The molecule has 2 rings (SSSR count). The summed E-state index contributed by atoms with van der Waals surface area (Å²) in [4.78, 5) is 35.4. The number of nitrogens with zero attached hydrogens (tertiary/aromatic N) is 1. The third kappa shape index (κ3) is 2.65. The molecule has 1 amide bonds. The van der Waals surface area contributed by atoms with Crippen LogP contribution in [0.4, 0.5) is 0 Å². The van der Waals surface area contributed by atoms with Gasteiger partial charge < -0.3 is 19.7 Å². The Morgan fingerprint density at radius 1 is 1.36 bits per heavy atom. The Labute approximate surface area is 126 Å². The number of benzene rings is 1. The number of aromatic hydroxyl groups is 1. The maximum absolute atomic E-state index is 12.3. The first-order valence-electron chi connectivity index (χ1n) is 6.54. The molecule has 0 radical (unpaired) electrons. The van der Waals surface area contributed by atoms with Crippen LogP contribution in [0, 0.1) is 6.92 Å². The van der Waals surface area contributed by atoms with E-state index in [-0.39, 0.29) is 6.54 Å². The highest BCUT2D eigenvalue weighted by molar-refractivity contribution is 6.03. The molecule has 7 nitrogen and oxygen atoms in total. The average Bonchev–Trinajstić information content (AvgIpc) is 2.50. The number of pyridine rings is 1. The molecule has 0 saturated carbocycles. The molecule has 7 heteroatoms. The van der Waals surface area contributed by atoms with Crippen LogP contribution in [0.1, 0.15) is 15.9 Å². The van der Waals surface area contributed by atoms with Crippen molar-refractivity contribution < 1.29 is 19.4 Å². The number of hydrogen-bond acceptors (Lipinski definition) is 5. The van der Waals surface area contributed by atoms with E-state index in [0.717, 1.165) is 5.56 Å².